The van der Waals surface area contributed by atoms with Crippen LogP contribution in [-0.2, 0) is 11.2 Å². The Morgan fingerprint density at radius 2 is 2.13 bits per heavy atom. The number of halogens is 2. The van der Waals surface area contributed by atoms with Crippen molar-refractivity contribution in [2.45, 2.75) is 51.1 Å². The van der Waals surface area contributed by atoms with Crippen molar-refractivity contribution >= 4 is 29.9 Å². The van der Waals surface area contributed by atoms with E-state index in [-0.39, 0.29) is 18.3 Å². The smallest absolute Gasteiger partial charge is 0.226 e. The fourth-order valence-corrected chi connectivity index (χ4v) is 4.06. The summed E-state index contributed by atoms with van der Waals surface area (Å²) >= 11 is 6.29. The van der Waals surface area contributed by atoms with Crippen LogP contribution in [0, 0.1) is 5.92 Å². The molecule has 2 saturated heterocycles. The van der Waals surface area contributed by atoms with Gasteiger partial charge < -0.3 is 10.2 Å². The van der Waals surface area contributed by atoms with E-state index in [0.717, 1.165) is 55.8 Å². The molecule has 0 saturated carbocycles. The van der Waals surface area contributed by atoms with E-state index in [0.29, 0.717) is 18.0 Å². The molecule has 2 fully saturated rings. The van der Waals surface area contributed by atoms with E-state index in [1.165, 1.54) is 0 Å². The lowest BCUT2D eigenvalue weighted by atomic mass is 9.91. The molecule has 1 amide bonds. The molecule has 0 aromatic heterocycles. The van der Waals surface area contributed by atoms with E-state index in [1.807, 2.05) is 18.2 Å². The number of piperidine rings is 1. The van der Waals surface area contributed by atoms with Gasteiger partial charge in [0, 0.05) is 29.6 Å². The second-order valence-corrected chi connectivity index (χ2v) is 7.11. The summed E-state index contributed by atoms with van der Waals surface area (Å²) in [6.45, 7) is 4.04. The number of amides is 1. The molecule has 1 aromatic rings. The van der Waals surface area contributed by atoms with E-state index >= 15 is 0 Å². The van der Waals surface area contributed by atoms with E-state index < -0.39 is 0 Å². The van der Waals surface area contributed by atoms with Gasteiger partial charge in [-0.3, -0.25) is 4.79 Å². The van der Waals surface area contributed by atoms with Crippen LogP contribution in [0.4, 0.5) is 0 Å². The van der Waals surface area contributed by atoms with E-state index in [2.05, 4.69) is 23.2 Å². The lowest BCUT2D eigenvalue weighted by molar-refractivity contribution is -0.137. The second kappa shape index (κ2) is 8.36. The highest BCUT2D eigenvalue weighted by atomic mass is 35.5. The van der Waals surface area contributed by atoms with Crippen molar-refractivity contribution in [2.24, 2.45) is 5.92 Å². The third-order valence-corrected chi connectivity index (χ3v) is 5.42. The van der Waals surface area contributed by atoms with Crippen molar-refractivity contribution in [3.8, 4) is 0 Å². The van der Waals surface area contributed by atoms with Gasteiger partial charge in [0.2, 0.25) is 5.91 Å². The predicted octanol–water partition coefficient (Wildman–Crippen LogP) is 3.68. The molecule has 1 aromatic carbocycles. The van der Waals surface area contributed by atoms with Crippen LogP contribution in [0.3, 0.4) is 0 Å². The molecule has 0 aliphatic carbocycles. The second-order valence-electron chi connectivity index (χ2n) is 6.70. The number of likely N-dealkylation sites (tertiary alicyclic amines) is 1. The Morgan fingerprint density at radius 1 is 1.35 bits per heavy atom. The number of hydrogen-bond acceptors (Lipinski definition) is 2. The highest BCUT2D eigenvalue weighted by molar-refractivity contribution is 6.31. The SMILES string of the molecule is C[C@H]1C[C@@H](C(=O)N2CCCC2Cc2ccccc2Cl)CCN1.Cl. The minimum Gasteiger partial charge on any atom is -0.339 e. The Bertz CT molecular complexity index is 538. The van der Waals surface area contributed by atoms with Crippen LogP contribution < -0.4 is 5.32 Å². The number of rotatable bonds is 3. The fourth-order valence-electron chi connectivity index (χ4n) is 3.85. The number of carbonyl (C=O) groups is 1. The first-order valence-corrected chi connectivity index (χ1v) is 8.80. The number of carbonyl (C=O) groups excluding carboxylic acids is 1. The fraction of sp³-hybridized carbons (Fsp3) is 0.611. The molecule has 128 valence electrons. The molecule has 3 nitrogen and oxygen atoms in total. The summed E-state index contributed by atoms with van der Waals surface area (Å²) in [6, 6.07) is 8.77. The molecule has 0 bridgehead atoms. The topological polar surface area (TPSA) is 32.3 Å². The van der Waals surface area contributed by atoms with Crippen LogP contribution >= 0.6 is 24.0 Å². The normalized spacial score (nSPS) is 27.6. The first-order chi connectivity index (χ1) is 10.6. The molecule has 5 heteroatoms. The zero-order chi connectivity index (χ0) is 15.5. The molecular weight excluding hydrogens is 331 g/mol. The van der Waals surface area contributed by atoms with Crippen molar-refractivity contribution in [3.63, 3.8) is 0 Å². The highest BCUT2D eigenvalue weighted by Gasteiger charge is 2.34. The summed E-state index contributed by atoms with van der Waals surface area (Å²) in [5.74, 6) is 0.561. The summed E-state index contributed by atoms with van der Waals surface area (Å²) in [6.07, 6.45) is 5.03. The minimum atomic E-state index is 0. The first kappa shape index (κ1) is 18.6. The average Bonchev–Trinajstić information content (AvgIpc) is 2.97. The van der Waals surface area contributed by atoms with Crippen molar-refractivity contribution in [1.82, 2.24) is 10.2 Å². The van der Waals surface area contributed by atoms with Crippen LogP contribution in [0.2, 0.25) is 5.02 Å². The van der Waals surface area contributed by atoms with Gasteiger partial charge in [-0.25, -0.2) is 0 Å². The highest BCUT2D eigenvalue weighted by Crippen LogP contribution is 2.28. The van der Waals surface area contributed by atoms with Crippen molar-refractivity contribution < 1.29 is 4.79 Å². The van der Waals surface area contributed by atoms with Crippen LogP contribution in [0.15, 0.2) is 24.3 Å². The van der Waals surface area contributed by atoms with Crippen LogP contribution in [0.5, 0.6) is 0 Å². The largest absolute Gasteiger partial charge is 0.339 e. The molecule has 1 unspecified atom stereocenters. The number of benzene rings is 1. The van der Waals surface area contributed by atoms with Crippen molar-refractivity contribution in [2.75, 3.05) is 13.1 Å². The molecule has 3 rings (SSSR count). The predicted molar refractivity (Wildman–Crippen MR) is 97.3 cm³/mol. The van der Waals surface area contributed by atoms with Crippen LogP contribution in [0.1, 0.15) is 38.2 Å². The lowest BCUT2D eigenvalue weighted by Gasteiger charge is -2.33. The quantitative estimate of drug-likeness (QED) is 0.895. The third kappa shape index (κ3) is 4.40. The number of nitrogens with one attached hydrogen (secondary N) is 1. The maximum Gasteiger partial charge on any atom is 0.226 e. The first-order valence-electron chi connectivity index (χ1n) is 8.42. The van der Waals surface area contributed by atoms with E-state index in [4.69, 9.17) is 11.6 Å². The summed E-state index contributed by atoms with van der Waals surface area (Å²) < 4.78 is 0. The van der Waals surface area contributed by atoms with Crippen LogP contribution in [-0.4, -0.2) is 36.0 Å². The Balaban J connectivity index is 0.00000192. The van der Waals surface area contributed by atoms with Gasteiger partial charge in [0.05, 0.1) is 0 Å². The zero-order valence-electron chi connectivity index (χ0n) is 13.6. The van der Waals surface area contributed by atoms with E-state index in [9.17, 15) is 4.79 Å². The molecular formula is C18H26Cl2N2O. The van der Waals surface area contributed by atoms with E-state index in [1.54, 1.807) is 0 Å². The average molecular weight is 357 g/mol. The summed E-state index contributed by atoms with van der Waals surface area (Å²) in [7, 11) is 0. The standard InChI is InChI=1S/C18H25ClN2O.ClH/c1-13-11-15(8-9-20-13)18(22)21-10-4-6-16(21)12-14-5-2-3-7-17(14)19;/h2-3,5,7,13,15-16,20H,4,6,8-12H2,1H3;1H/t13-,15-,16?;/m0./s1. The van der Waals surface area contributed by atoms with Gasteiger partial charge in [0.25, 0.3) is 0 Å². The summed E-state index contributed by atoms with van der Waals surface area (Å²) in [4.78, 5) is 15.0. The Labute approximate surface area is 150 Å². The third-order valence-electron chi connectivity index (χ3n) is 5.05. The van der Waals surface area contributed by atoms with Gasteiger partial charge in [-0.1, -0.05) is 29.8 Å². The van der Waals surface area contributed by atoms with Crippen molar-refractivity contribution in [1.29, 1.82) is 0 Å². The van der Waals surface area contributed by atoms with Gasteiger partial charge in [-0.05, 0) is 57.2 Å². The van der Waals surface area contributed by atoms with Crippen molar-refractivity contribution in [3.05, 3.63) is 34.9 Å². The monoisotopic (exact) mass is 356 g/mol. The molecule has 0 spiro atoms. The molecule has 3 atom stereocenters. The maximum absolute atomic E-state index is 12.9. The molecule has 2 aliphatic rings. The summed E-state index contributed by atoms with van der Waals surface area (Å²) in [5, 5.41) is 4.24. The Morgan fingerprint density at radius 3 is 2.87 bits per heavy atom. The van der Waals surface area contributed by atoms with Gasteiger partial charge in [-0.15, -0.1) is 12.4 Å². The minimum absolute atomic E-state index is 0. The zero-order valence-corrected chi connectivity index (χ0v) is 15.2. The number of nitrogens with zero attached hydrogens (tertiary/aromatic N) is 1. The van der Waals surface area contributed by atoms with Gasteiger partial charge in [0.15, 0.2) is 0 Å². The Hall–Kier alpha value is -0.770. The maximum atomic E-state index is 12.9. The van der Waals surface area contributed by atoms with Gasteiger partial charge >= 0.3 is 0 Å². The number of hydrogen-bond donors (Lipinski definition) is 1. The van der Waals surface area contributed by atoms with Crippen LogP contribution in [0.25, 0.3) is 0 Å². The summed E-state index contributed by atoms with van der Waals surface area (Å²) in [5.41, 5.74) is 1.16. The Kier molecular flexibility index (Phi) is 6.75. The molecule has 23 heavy (non-hydrogen) atoms. The molecule has 2 aliphatic heterocycles. The molecule has 0 radical (unpaired) electrons. The lowest BCUT2D eigenvalue weighted by Crippen LogP contribution is -2.46. The van der Waals surface area contributed by atoms with Gasteiger partial charge in [-0.2, -0.15) is 0 Å². The molecule has 2 heterocycles. The van der Waals surface area contributed by atoms with Gasteiger partial charge in [0.1, 0.15) is 0 Å². The molecule has 1 N–H and O–H groups in total.